The van der Waals surface area contributed by atoms with Crippen molar-refractivity contribution < 1.29 is 26.9 Å². The van der Waals surface area contributed by atoms with Crippen LogP contribution in [-0.4, -0.2) is 22.6 Å². The summed E-state index contributed by atoms with van der Waals surface area (Å²) in [4.78, 5) is 18.0. The Morgan fingerprint density at radius 1 is 1.14 bits per heavy atom. The maximum absolute atomic E-state index is 13.3. The number of hydrogen-bond acceptors (Lipinski definition) is 4. The van der Waals surface area contributed by atoms with Gasteiger partial charge in [0, 0.05) is 30.1 Å². The molecule has 0 bridgehead atoms. The predicted octanol–water partition coefficient (Wildman–Crippen LogP) is 5.07. The number of alkyl halides is 3. The highest BCUT2D eigenvalue weighted by atomic mass is 35.5. The van der Waals surface area contributed by atoms with E-state index >= 15 is 0 Å². The minimum atomic E-state index is -4.44. The smallest absolute Gasteiger partial charge is 0.334 e. The van der Waals surface area contributed by atoms with Crippen molar-refractivity contribution in [3.63, 3.8) is 0 Å². The first-order valence-corrected chi connectivity index (χ1v) is 8.87. The van der Waals surface area contributed by atoms with Gasteiger partial charge in [0.15, 0.2) is 5.82 Å². The molecule has 0 aliphatic carbocycles. The van der Waals surface area contributed by atoms with Gasteiger partial charge in [0.05, 0.1) is 10.6 Å². The van der Waals surface area contributed by atoms with Crippen molar-refractivity contribution in [1.82, 2.24) is 10.1 Å². The van der Waals surface area contributed by atoms with Gasteiger partial charge in [0.25, 0.3) is 5.89 Å². The predicted molar refractivity (Wildman–Crippen MR) is 95.9 cm³/mol. The number of benzene rings is 2. The van der Waals surface area contributed by atoms with Crippen LogP contribution < -0.4 is 4.90 Å². The molecule has 5 nitrogen and oxygen atoms in total. The van der Waals surface area contributed by atoms with Crippen molar-refractivity contribution in [3.8, 4) is 11.5 Å². The van der Waals surface area contributed by atoms with Crippen LogP contribution >= 0.6 is 11.6 Å². The molecule has 1 unspecified atom stereocenters. The summed E-state index contributed by atoms with van der Waals surface area (Å²) in [7, 11) is 0. The number of anilines is 1. The molecule has 1 atom stereocenters. The number of amides is 1. The Hall–Kier alpha value is -2.94. The zero-order chi connectivity index (χ0) is 20.8. The van der Waals surface area contributed by atoms with E-state index in [9.17, 15) is 22.4 Å². The maximum atomic E-state index is 13.3. The van der Waals surface area contributed by atoms with E-state index in [0.717, 1.165) is 12.1 Å². The van der Waals surface area contributed by atoms with E-state index in [-0.39, 0.29) is 41.5 Å². The number of aromatic nitrogens is 2. The number of carbonyl (C=O) groups is 1. The van der Waals surface area contributed by atoms with Crippen molar-refractivity contribution in [3.05, 3.63) is 64.7 Å². The molecule has 3 aromatic rings. The number of hydrogen-bond donors (Lipinski definition) is 0. The molecule has 2 aromatic carbocycles. The lowest BCUT2D eigenvalue weighted by molar-refractivity contribution is -0.137. The molecule has 150 valence electrons. The summed E-state index contributed by atoms with van der Waals surface area (Å²) in [5, 5.41) is 3.77. The topological polar surface area (TPSA) is 59.2 Å². The molecule has 2 heterocycles. The van der Waals surface area contributed by atoms with Gasteiger partial charge in [0.1, 0.15) is 5.82 Å². The largest absolute Gasteiger partial charge is 0.416 e. The van der Waals surface area contributed by atoms with Gasteiger partial charge in [-0.2, -0.15) is 18.2 Å². The van der Waals surface area contributed by atoms with E-state index in [4.69, 9.17) is 16.1 Å². The molecule has 1 aromatic heterocycles. The fraction of sp³-hybridized carbons (Fsp3) is 0.211. The van der Waals surface area contributed by atoms with Crippen molar-refractivity contribution in [2.45, 2.75) is 18.5 Å². The second-order valence-electron chi connectivity index (χ2n) is 6.54. The third-order valence-electron chi connectivity index (χ3n) is 4.61. The summed E-state index contributed by atoms with van der Waals surface area (Å²) >= 11 is 5.78. The van der Waals surface area contributed by atoms with Crippen LogP contribution in [0.5, 0.6) is 0 Å². The summed E-state index contributed by atoms with van der Waals surface area (Å²) in [6.07, 6.45) is -4.32. The Labute approximate surface area is 166 Å². The molecule has 29 heavy (non-hydrogen) atoms. The standard InChI is InChI=1S/C19H12ClF4N3O2/c20-14-8-13(5-6-15(14)21)27-9-11(7-16(27)28)17-25-18(29-26-17)10-1-3-12(4-2-10)19(22,23)24/h1-6,8,11H,7,9H2. The summed E-state index contributed by atoms with van der Waals surface area (Å²) < 4.78 is 56.5. The Morgan fingerprint density at radius 3 is 2.52 bits per heavy atom. The fourth-order valence-corrected chi connectivity index (χ4v) is 3.28. The Balaban J connectivity index is 1.52. The number of rotatable bonds is 3. The second-order valence-corrected chi connectivity index (χ2v) is 6.94. The van der Waals surface area contributed by atoms with Crippen LogP contribution in [0.4, 0.5) is 23.2 Å². The zero-order valence-corrected chi connectivity index (χ0v) is 15.3. The molecule has 0 radical (unpaired) electrons. The van der Waals surface area contributed by atoms with Crippen LogP contribution in [0.1, 0.15) is 23.7 Å². The van der Waals surface area contributed by atoms with E-state index in [1.165, 1.54) is 35.2 Å². The lowest BCUT2D eigenvalue weighted by Crippen LogP contribution is -2.24. The molecule has 4 rings (SSSR count). The lowest BCUT2D eigenvalue weighted by atomic mass is 10.1. The molecule has 1 aliphatic heterocycles. The molecular formula is C19H12ClF4N3O2. The van der Waals surface area contributed by atoms with Crippen molar-refractivity contribution >= 4 is 23.2 Å². The number of nitrogens with zero attached hydrogens (tertiary/aromatic N) is 3. The number of carbonyl (C=O) groups excluding carboxylic acids is 1. The summed E-state index contributed by atoms with van der Waals surface area (Å²) in [5.41, 5.74) is 0.00887. The average Bonchev–Trinajstić information content (AvgIpc) is 3.30. The first-order valence-electron chi connectivity index (χ1n) is 8.49. The molecule has 1 amide bonds. The molecule has 1 aliphatic rings. The zero-order valence-electron chi connectivity index (χ0n) is 14.6. The van der Waals surface area contributed by atoms with Crippen LogP contribution in [0, 0.1) is 5.82 Å². The van der Waals surface area contributed by atoms with E-state index in [1.807, 2.05) is 0 Å². The highest BCUT2D eigenvalue weighted by Crippen LogP contribution is 2.34. The monoisotopic (exact) mass is 425 g/mol. The van der Waals surface area contributed by atoms with E-state index in [0.29, 0.717) is 11.3 Å². The Kier molecular flexibility index (Phi) is 4.77. The maximum Gasteiger partial charge on any atom is 0.416 e. The quantitative estimate of drug-likeness (QED) is 0.550. The minimum absolute atomic E-state index is 0.0597. The van der Waals surface area contributed by atoms with Gasteiger partial charge in [-0.15, -0.1) is 0 Å². The van der Waals surface area contributed by atoms with Crippen LogP contribution in [0.3, 0.4) is 0 Å². The van der Waals surface area contributed by atoms with Gasteiger partial charge < -0.3 is 9.42 Å². The van der Waals surface area contributed by atoms with Gasteiger partial charge in [0.2, 0.25) is 5.91 Å². The number of halogens is 5. The van der Waals surface area contributed by atoms with Crippen LogP contribution in [-0.2, 0) is 11.0 Å². The molecule has 0 saturated carbocycles. The first kappa shape index (κ1) is 19.4. The van der Waals surface area contributed by atoms with Gasteiger partial charge in [-0.25, -0.2) is 4.39 Å². The Morgan fingerprint density at radius 2 is 1.86 bits per heavy atom. The first-order chi connectivity index (χ1) is 13.7. The Bertz CT molecular complexity index is 1070. The van der Waals surface area contributed by atoms with E-state index < -0.39 is 17.6 Å². The van der Waals surface area contributed by atoms with Crippen LogP contribution in [0.15, 0.2) is 47.0 Å². The normalized spacial score (nSPS) is 17.2. The summed E-state index contributed by atoms with van der Waals surface area (Å²) in [5.74, 6) is -0.844. The van der Waals surface area contributed by atoms with Gasteiger partial charge in [-0.1, -0.05) is 16.8 Å². The van der Waals surface area contributed by atoms with Gasteiger partial charge >= 0.3 is 6.18 Å². The molecule has 10 heteroatoms. The summed E-state index contributed by atoms with van der Waals surface area (Å²) in [6.45, 7) is 0.243. The van der Waals surface area contributed by atoms with Crippen LogP contribution in [0.2, 0.25) is 5.02 Å². The van der Waals surface area contributed by atoms with E-state index in [1.54, 1.807) is 0 Å². The third-order valence-corrected chi connectivity index (χ3v) is 4.90. The lowest BCUT2D eigenvalue weighted by Gasteiger charge is -2.16. The van der Waals surface area contributed by atoms with Crippen molar-refractivity contribution in [1.29, 1.82) is 0 Å². The molecule has 1 fully saturated rings. The van der Waals surface area contributed by atoms with Gasteiger partial charge in [-0.05, 0) is 42.5 Å². The molecule has 1 saturated heterocycles. The fourth-order valence-electron chi connectivity index (χ4n) is 3.10. The SMILES string of the molecule is O=C1CC(c2noc(-c3ccc(C(F)(F)F)cc3)n2)CN1c1ccc(F)c(Cl)c1. The summed E-state index contributed by atoms with van der Waals surface area (Å²) in [6, 6.07) is 8.33. The van der Waals surface area contributed by atoms with Crippen LogP contribution in [0.25, 0.3) is 11.5 Å². The highest BCUT2D eigenvalue weighted by molar-refractivity contribution is 6.31. The third kappa shape index (κ3) is 3.82. The second kappa shape index (κ2) is 7.14. The van der Waals surface area contributed by atoms with E-state index in [2.05, 4.69) is 10.1 Å². The highest BCUT2D eigenvalue weighted by Gasteiger charge is 2.35. The molecule has 0 spiro atoms. The van der Waals surface area contributed by atoms with Crippen molar-refractivity contribution in [2.75, 3.05) is 11.4 Å². The van der Waals surface area contributed by atoms with Crippen molar-refractivity contribution in [2.24, 2.45) is 0 Å². The minimum Gasteiger partial charge on any atom is -0.334 e. The van der Waals surface area contributed by atoms with Gasteiger partial charge in [-0.3, -0.25) is 4.79 Å². The average molecular weight is 426 g/mol. The molecular weight excluding hydrogens is 414 g/mol. The molecule has 0 N–H and O–H groups in total.